The third-order valence-electron chi connectivity index (χ3n) is 4.82. The van der Waals surface area contributed by atoms with Gasteiger partial charge in [0.05, 0.1) is 4.91 Å². The zero-order chi connectivity index (χ0) is 22.2. The first-order valence-corrected chi connectivity index (χ1v) is 10.4. The van der Waals surface area contributed by atoms with E-state index >= 15 is 0 Å². The largest absolute Gasteiger partial charge is 0.454 e. The van der Waals surface area contributed by atoms with Gasteiger partial charge in [-0.2, -0.15) is 4.98 Å². The molecule has 3 amide bonds. The van der Waals surface area contributed by atoms with Crippen LogP contribution in [0.15, 0.2) is 35.4 Å². The Balaban J connectivity index is 1.22. The Morgan fingerprint density at radius 1 is 1.25 bits per heavy atom. The minimum Gasteiger partial charge on any atom is -0.454 e. The zero-order valence-electron chi connectivity index (χ0n) is 16.8. The smallest absolute Gasteiger partial charge is 0.293 e. The lowest BCUT2D eigenvalue weighted by atomic mass is 10.2. The van der Waals surface area contributed by atoms with E-state index in [1.54, 1.807) is 36.5 Å². The number of nitrogens with zero attached hydrogens (tertiary/aromatic N) is 5. The Bertz CT molecular complexity index is 1300. The van der Waals surface area contributed by atoms with Crippen molar-refractivity contribution in [1.82, 2.24) is 29.8 Å². The van der Waals surface area contributed by atoms with Gasteiger partial charge in [0.2, 0.25) is 12.6 Å². The molecule has 12 heteroatoms. The van der Waals surface area contributed by atoms with E-state index in [0.29, 0.717) is 22.2 Å². The molecule has 2 aliphatic heterocycles. The Labute approximate surface area is 185 Å². The molecule has 0 bridgehead atoms. The summed E-state index contributed by atoms with van der Waals surface area (Å²) in [5, 5.41) is 6.36. The summed E-state index contributed by atoms with van der Waals surface area (Å²) >= 11 is 0.847. The molecule has 11 nitrogen and oxygen atoms in total. The van der Waals surface area contributed by atoms with Gasteiger partial charge < -0.3 is 14.8 Å². The standard InChI is InChI=1S/C20H16N6O5S/c1-11-4-5-22-19-23-16(24-26(11)19)17(27)21-6-7-25-18(28)15(32-20(25)29)9-12-2-3-13-14(8-12)31-10-30-13/h2-5,8-9H,6-7,10H2,1H3,(H,21,27)/b15-9+. The van der Waals surface area contributed by atoms with Crippen molar-refractivity contribution in [2.24, 2.45) is 0 Å². The van der Waals surface area contributed by atoms with Crippen molar-refractivity contribution in [3.05, 3.63) is 52.4 Å². The number of rotatable bonds is 5. The van der Waals surface area contributed by atoms with Crippen LogP contribution >= 0.6 is 11.8 Å². The summed E-state index contributed by atoms with van der Waals surface area (Å²) in [6.07, 6.45) is 3.21. The van der Waals surface area contributed by atoms with Crippen molar-refractivity contribution in [3.8, 4) is 11.5 Å². The number of aryl methyl sites for hydroxylation is 1. The molecule has 2 aromatic heterocycles. The molecular weight excluding hydrogens is 436 g/mol. The monoisotopic (exact) mass is 452 g/mol. The van der Waals surface area contributed by atoms with Crippen LogP contribution in [0, 0.1) is 6.92 Å². The maximum atomic E-state index is 12.7. The van der Waals surface area contributed by atoms with E-state index in [9.17, 15) is 14.4 Å². The second kappa shape index (κ2) is 7.96. The van der Waals surface area contributed by atoms with Crippen LogP contribution in [0.5, 0.6) is 11.5 Å². The molecule has 32 heavy (non-hydrogen) atoms. The van der Waals surface area contributed by atoms with E-state index in [1.807, 2.05) is 6.92 Å². The molecule has 1 aromatic carbocycles. The molecule has 0 unspecified atom stereocenters. The van der Waals surface area contributed by atoms with E-state index in [2.05, 4.69) is 20.4 Å². The summed E-state index contributed by atoms with van der Waals surface area (Å²) in [5.41, 5.74) is 1.50. The molecule has 3 aromatic rings. The predicted octanol–water partition coefficient (Wildman–Crippen LogP) is 1.63. The van der Waals surface area contributed by atoms with Crippen molar-refractivity contribution in [2.75, 3.05) is 19.9 Å². The fourth-order valence-corrected chi connectivity index (χ4v) is 4.08. The molecule has 0 atom stereocenters. The van der Waals surface area contributed by atoms with E-state index < -0.39 is 17.1 Å². The van der Waals surface area contributed by atoms with Gasteiger partial charge in [-0.15, -0.1) is 5.10 Å². The third kappa shape index (κ3) is 3.64. The van der Waals surface area contributed by atoms with Crippen LogP contribution in [-0.4, -0.2) is 61.4 Å². The number of hydrogen-bond donors (Lipinski definition) is 1. The lowest BCUT2D eigenvalue weighted by Gasteiger charge is -2.12. The van der Waals surface area contributed by atoms with Crippen LogP contribution in [0.4, 0.5) is 4.79 Å². The molecule has 1 N–H and O–H groups in total. The maximum Gasteiger partial charge on any atom is 0.293 e. The van der Waals surface area contributed by atoms with Crippen LogP contribution in [0.25, 0.3) is 11.9 Å². The summed E-state index contributed by atoms with van der Waals surface area (Å²) in [6, 6.07) is 7.02. The van der Waals surface area contributed by atoms with Crippen molar-refractivity contribution < 1.29 is 23.9 Å². The van der Waals surface area contributed by atoms with E-state index in [1.165, 1.54) is 4.52 Å². The molecule has 2 aliphatic rings. The van der Waals surface area contributed by atoms with Crippen molar-refractivity contribution in [2.45, 2.75) is 6.92 Å². The lowest BCUT2D eigenvalue weighted by Crippen LogP contribution is -2.37. The highest BCUT2D eigenvalue weighted by Gasteiger charge is 2.34. The number of thioether (sulfide) groups is 1. The van der Waals surface area contributed by atoms with Crippen molar-refractivity contribution >= 4 is 40.7 Å². The van der Waals surface area contributed by atoms with Gasteiger partial charge in [-0.25, -0.2) is 9.50 Å². The number of benzene rings is 1. The number of nitrogens with one attached hydrogen (secondary N) is 1. The summed E-state index contributed by atoms with van der Waals surface area (Å²) in [4.78, 5) is 46.9. The van der Waals surface area contributed by atoms with Crippen LogP contribution in [0.3, 0.4) is 0 Å². The second-order valence-electron chi connectivity index (χ2n) is 6.94. The predicted molar refractivity (Wildman–Crippen MR) is 113 cm³/mol. The topological polar surface area (TPSA) is 128 Å². The Morgan fingerprint density at radius 2 is 2.09 bits per heavy atom. The first kappa shape index (κ1) is 20.0. The average molecular weight is 452 g/mol. The number of carbonyl (C=O) groups is 3. The van der Waals surface area contributed by atoms with Gasteiger partial charge in [0.25, 0.3) is 22.8 Å². The molecule has 0 saturated carbocycles. The van der Waals surface area contributed by atoms with E-state index in [-0.39, 0.29) is 25.7 Å². The van der Waals surface area contributed by atoms with Gasteiger partial charge in [0.1, 0.15) is 0 Å². The summed E-state index contributed by atoms with van der Waals surface area (Å²) in [7, 11) is 0. The summed E-state index contributed by atoms with van der Waals surface area (Å²) in [5.74, 6) is 0.567. The van der Waals surface area contributed by atoms with Gasteiger partial charge in [0.15, 0.2) is 11.5 Å². The Kier molecular flexibility index (Phi) is 4.98. The minimum atomic E-state index is -0.516. The molecular formula is C20H16N6O5S. The van der Waals surface area contributed by atoms with Gasteiger partial charge in [-0.05, 0) is 48.5 Å². The zero-order valence-corrected chi connectivity index (χ0v) is 17.6. The van der Waals surface area contributed by atoms with Gasteiger partial charge in [-0.1, -0.05) is 6.07 Å². The second-order valence-corrected chi connectivity index (χ2v) is 7.93. The highest BCUT2D eigenvalue weighted by molar-refractivity contribution is 8.18. The highest BCUT2D eigenvalue weighted by atomic mass is 32.2. The number of carbonyl (C=O) groups excluding carboxylic acids is 3. The summed E-state index contributed by atoms with van der Waals surface area (Å²) < 4.78 is 12.1. The molecule has 0 aliphatic carbocycles. The maximum absolute atomic E-state index is 12.7. The fourth-order valence-electron chi connectivity index (χ4n) is 3.21. The van der Waals surface area contributed by atoms with E-state index in [4.69, 9.17) is 9.47 Å². The highest BCUT2D eigenvalue weighted by Crippen LogP contribution is 2.36. The fraction of sp³-hybridized carbons (Fsp3) is 0.200. The normalized spacial score (nSPS) is 16.4. The van der Waals surface area contributed by atoms with Crippen molar-refractivity contribution in [1.29, 1.82) is 0 Å². The quantitative estimate of drug-likeness (QED) is 0.574. The van der Waals surface area contributed by atoms with Gasteiger partial charge in [0, 0.05) is 25.0 Å². The van der Waals surface area contributed by atoms with Gasteiger partial charge in [-0.3, -0.25) is 19.3 Å². The van der Waals surface area contributed by atoms with Gasteiger partial charge >= 0.3 is 0 Å². The number of fused-ring (bicyclic) bond motifs is 2. The Morgan fingerprint density at radius 3 is 2.94 bits per heavy atom. The van der Waals surface area contributed by atoms with Crippen LogP contribution < -0.4 is 14.8 Å². The molecule has 4 heterocycles. The number of imide groups is 1. The number of amides is 3. The first-order valence-electron chi connectivity index (χ1n) is 9.61. The number of hydrogen-bond acceptors (Lipinski definition) is 9. The molecule has 0 spiro atoms. The molecule has 1 saturated heterocycles. The van der Waals surface area contributed by atoms with Crippen LogP contribution in [0.2, 0.25) is 0 Å². The molecule has 1 fully saturated rings. The van der Waals surface area contributed by atoms with Crippen LogP contribution in [-0.2, 0) is 4.79 Å². The van der Waals surface area contributed by atoms with Crippen molar-refractivity contribution in [3.63, 3.8) is 0 Å². The Hall–Kier alpha value is -3.93. The average Bonchev–Trinajstić information content (AvgIpc) is 3.48. The molecule has 0 radical (unpaired) electrons. The minimum absolute atomic E-state index is 0.0273. The molecule has 5 rings (SSSR count). The lowest BCUT2D eigenvalue weighted by molar-refractivity contribution is -0.122. The third-order valence-corrected chi connectivity index (χ3v) is 5.73. The van der Waals surface area contributed by atoms with E-state index in [0.717, 1.165) is 27.9 Å². The number of ether oxygens (including phenoxy) is 2. The molecule has 162 valence electrons. The SMILES string of the molecule is Cc1ccnc2nc(C(=O)NCCN3C(=O)S/C(=C/c4ccc5c(c4)OCO5)C3=O)nn12. The van der Waals surface area contributed by atoms with Crippen LogP contribution in [0.1, 0.15) is 21.9 Å². The number of aromatic nitrogens is 4. The summed E-state index contributed by atoms with van der Waals surface area (Å²) in [6.45, 7) is 2.07. The first-order chi connectivity index (χ1) is 15.5.